The Morgan fingerprint density at radius 3 is 1.15 bits per heavy atom. The number of rotatable bonds is 12. The van der Waals surface area contributed by atoms with Gasteiger partial charge in [-0.05, 0) is 83.3 Å². The normalized spacial score (nSPS) is 17.1. The van der Waals surface area contributed by atoms with Gasteiger partial charge in [0.15, 0.2) is 0 Å². The van der Waals surface area contributed by atoms with E-state index in [1.807, 2.05) is 0 Å². The monoisotopic (exact) mass is 584 g/mol. The molecular weight excluding hydrogens is 544 g/mol. The van der Waals surface area contributed by atoms with E-state index in [2.05, 4.69) is 96.0 Å². The van der Waals surface area contributed by atoms with E-state index in [0.29, 0.717) is 0 Å². The molecular formula is C32H42Br2. The molecule has 0 nitrogen and oxygen atoms in total. The number of fused-ring (bicyclic) bond motifs is 4. The summed E-state index contributed by atoms with van der Waals surface area (Å²) >= 11 is 7.72. The molecule has 2 aromatic rings. The average molecular weight is 586 g/mol. The third-order valence-corrected chi connectivity index (χ3v) is 9.56. The average Bonchev–Trinajstić information content (AvgIpc) is 3.27. The molecule has 0 saturated carbocycles. The first kappa shape index (κ1) is 26.2. The van der Waals surface area contributed by atoms with Gasteiger partial charge in [-0.3, -0.25) is 0 Å². The van der Waals surface area contributed by atoms with Gasteiger partial charge in [0.1, 0.15) is 0 Å². The molecule has 0 atom stereocenters. The van der Waals surface area contributed by atoms with Crippen LogP contribution in [0.3, 0.4) is 0 Å². The molecule has 0 heterocycles. The first-order valence-corrected chi connectivity index (χ1v) is 15.4. The van der Waals surface area contributed by atoms with Crippen LogP contribution in [0.15, 0.2) is 45.3 Å². The SMILES string of the molecule is CCCCC1(CCCC)C2=C(c3ccc(Br)cc31)C(CCCC)(CCCC)c1cc(Br)ccc12. The molecule has 0 fully saturated rings. The first-order chi connectivity index (χ1) is 16.5. The quantitative estimate of drug-likeness (QED) is 0.232. The van der Waals surface area contributed by atoms with Gasteiger partial charge in [-0.15, -0.1) is 0 Å². The summed E-state index contributed by atoms with van der Waals surface area (Å²) in [7, 11) is 0. The molecule has 0 unspecified atom stereocenters. The molecule has 0 aliphatic heterocycles. The fourth-order valence-electron chi connectivity index (χ4n) is 7.00. The number of hydrogen-bond donors (Lipinski definition) is 0. The Balaban J connectivity index is 2.06. The highest BCUT2D eigenvalue weighted by Gasteiger charge is 2.55. The van der Waals surface area contributed by atoms with Gasteiger partial charge in [-0.2, -0.15) is 0 Å². The maximum atomic E-state index is 3.86. The van der Waals surface area contributed by atoms with E-state index in [9.17, 15) is 0 Å². The fourth-order valence-corrected chi connectivity index (χ4v) is 7.72. The summed E-state index contributed by atoms with van der Waals surface area (Å²) in [5, 5.41) is 0. The van der Waals surface area contributed by atoms with Crippen LogP contribution in [-0.4, -0.2) is 0 Å². The number of benzene rings is 2. The van der Waals surface area contributed by atoms with Crippen LogP contribution in [0.2, 0.25) is 0 Å². The number of unbranched alkanes of at least 4 members (excludes halogenated alkanes) is 4. The lowest BCUT2D eigenvalue weighted by molar-refractivity contribution is 0.436. The molecule has 2 heteroatoms. The molecule has 0 amide bonds. The third kappa shape index (κ3) is 4.30. The van der Waals surface area contributed by atoms with Crippen LogP contribution in [0.25, 0.3) is 11.1 Å². The molecule has 0 saturated heterocycles. The van der Waals surface area contributed by atoms with Crippen molar-refractivity contribution in [2.24, 2.45) is 0 Å². The summed E-state index contributed by atoms with van der Waals surface area (Å²) in [6, 6.07) is 14.5. The first-order valence-electron chi connectivity index (χ1n) is 13.8. The van der Waals surface area contributed by atoms with Gasteiger partial charge < -0.3 is 0 Å². The summed E-state index contributed by atoms with van der Waals surface area (Å²) in [4.78, 5) is 0. The van der Waals surface area contributed by atoms with Crippen molar-refractivity contribution >= 4 is 43.0 Å². The van der Waals surface area contributed by atoms with Gasteiger partial charge in [0.25, 0.3) is 0 Å². The van der Waals surface area contributed by atoms with Crippen LogP contribution in [-0.2, 0) is 10.8 Å². The summed E-state index contributed by atoms with van der Waals surface area (Å²) in [5.74, 6) is 0. The van der Waals surface area contributed by atoms with Crippen molar-refractivity contribution in [3.8, 4) is 0 Å². The van der Waals surface area contributed by atoms with E-state index in [1.54, 1.807) is 33.4 Å². The fraction of sp³-hybridized carbons (Fsp3) is 0.562. The zero-order valence-electron chi connectivity index (χ0n) is 21.7. The molecule has 0 N–H and O–H groups in total. The summed E-state index contributed by atoms with van der Waals surface area (Å²) in [6.07, 6.45) is 15.2. The van der Waals surface area contributed by atoms with E-state index < -0.39 is 0 Å². The Morgan fingerprint density at radius 1 is 0.529 bits per heavy atom. The van der Waals surface area contributed by atoms with Crippen molar-refractivity contribution < 1.29 is 0 Å². The molecule has 0 aromatic heterocycles. The molecule has 4 rings (SSSR count). The summed E-state index contributed by atoms with van der Waals surface area (Å²) < 4.78 is 2.46. The summed E-state index contributed by atoms with van der Waals surface area (Å²) in [6.45, 7) is 9.41. The third-order valence-electron chi connectivity index (χ3n) is 8.57. The molecule has 0 radical (unpaired) electrons. The highest BCUT2D eigenvalue weighted by atomic mass is 79.9. The zero-order chi connectivity index (χ0) is 24.3. The summed E-state index contributed by atoms with van der Waals surface area (Å²) in [5.41, 5.74) is 10.0. The van der Waals surface area contributed by atoms with Crippen LogP contribution >= 0.6 is 31.9 Å². The van der Waals surface area contributed by atoms with Gasteiger partial charge in [-0.1, -0.05) is 123 Å². The topological polar surface area (TPSA) is 0 Å². The lowest BCUT2D eigenvalue weighted by atomic mass is 9.67. The second-order valence-electron chi connectivity index (χ2n) is 10.7. The molecule has 0 spiro atoms. The second kappa shape index (κ2) is 11.0. The van der Waals surface area contributed by atoms with E-state index in [-0.39, 0.29) is 10.8 Å². The minimum atomic E-state index is 0.142. The van der Waals surface area contributed by atoms with Crippen molar-refractivity contribution in [2.75, 3.05) is 0 Å². The zero-order valence-corrected chi connectivity index (χ0v) is 24.9. The maximum absolute atomic E-state index is 3.86. The smallest absolute Gasteiger partial charge is 0.0218 e. The molecule has 2 aliphatic carbocycles. The van der Waals surface area contributed by atoms with E-state index in [0.717, 1.165) is 0 Å². The lowest BCUT2D eigenvalue weighted by Crippen LogP contribution is -2.28. The van der Waals surface area contributed by atoms with Crippen LogP contribution in [0.5, 0.6) is 0 Å². The molecule has 184 valence electrons. The Hall–Kier alpha value is -0.860. The lowest BCUT2D eigenvalue weighted by Gasteiger charge is -2.37. The van der Waals surface area contributed by atoms with Crippen molar-refractivity contribution in [2.45, 2.75) is 116 Å². The van der Waals surface area contributed by atoms with E-state index >= 15 is 0 Å². The van der Waals surface area contributed by atoms with Crippen LogP contribution in [0.1, 0.15) is 127 Å². The van der Waals surface area contributed by atoms with Gasteiger partial charge in [0.05, 0.1) is 0 Å². The minimum Gasteiger partial charge on any atom is -0.0654 e. The van der Waals surface area contributed by atoms with Crippen LogP contribution in [0, 0.1) is 0 Å². The van der Waals surface area contributed by atoms with Crippen LogP contribution in [0.4, 0.5) is 0 Å². The van der Waals surface area contributed by atoms with Gasteiger partial charge >= 0.3 is 0 Å². The van der Waals surface area contributed by atoms with Gasteiger partial charge in [-0.25, -0.2) is 0 Å². The second-order valence-corrected chi connectivity index (χ2v) is 12.5. The number of allylic oxidation sites excluding steroid dienone is 2. The predicted octanol–water partition coefficient (Wildman–Crippen LogP) is 11.4. The van der Waals surface area contributed by atoms with Crippen molar-refractivity contribution in [3.05, 3.63) is 67.6 Å². The van der Waals surface area contributed by atoms with Gasteiger partial charge in [0.2, 0.25) is 0 Å². The predicted molar refractivity (Wildman–Crippen MR) is 157 cm³/mol. The maximum Gasteiger partial charge on any atom is 0.0218 e. The van der Waals surface area contributed by atoms with E-state index in [4.69, 9.17) is 0 Å². The minimum absolute atomic E-state index is 0.142. The van der Waals surface area contributed by atoms with Crippen molar-refractivity contribution in [3.63, 3.8) is 0 Å². The Kier molecular flexibility index (Phi) is 8.51. The highest BCUT2D eigenvalue weighted by molar-refractivity contribution is 9.10. The molecule has 2 aliphatic rings. The molecule has 0 bridgehead atoms. The number of halogens is 2. The highest BCUT2D eigenvalue weighted by Crippen LogP contribution is 2.68. The largest absolute Gasteiger partial charge is 0.0654 e. The van der Waals surface area contributed by atoms with Crippen LogP contribution < -0.4 is 0 Å². The standard InChI is InChI=1S/C32H42Br2/c1-5-9-17-31(18-10-6-2)27-21-23(33)13-15-25(27)30-29(31)26-16-14-24(34)22-28(26)32(30,19-11-7-3)20-12-8-4/h13-16,21-22H,5-12,17-20H2,1-4H3. The van der Waals surface area contributed by atoms with Crippen molar-refractivity contribution in [1.82, 2.24) is 0 Å². The molecule has 34 heavy (non-hydrogen) atoms. The van der Waals surface area contributed by atoms with Crippen molar-refractivity contribution in [1.29, 1.82) is 0 Å². The number of hydrogen-bond acceptors (Lipinski definition) is 0. The van der Waals surface area contributed by atoms with Gasteiger partial charge in [0, 0.05) is 19.8 Å². The van der Waals surface area contributed by atoms with E-state index in [1.165, 1.54) is 86.0 Å². The Labute approximate surface area is 225 Å². The Morgan fingerprint density at radius 2 is 0.853 bits per heavy atom. The molecule has 2 aromatic carbocycles. The Bertz CT molecular complexity index is 945.